The molecule has 5 heteroatoms. The number of nitrogens with zero attached hydrogens (tertiary/aromatic N) is 3. The average molecular weight is 170 g/mol. The first-order valence-corrected chi connectivity index (χ1v) is 4.35. The van der Waals surface area contributed by atoms with Gasteiger partial charge in [-0.2, -0.15) is 0 Å². The number of hydrogen-bond acceptors (Lipinski definition) is 5. The van der Waals surface area contributed by atoms with Gasteiger partial charge in [0.05, 0.1) is 0 Å². The molecule has 0 aromatic carbocycles. The molecule has 0 amide bonds. The molecule has 0 aliphatic carbocycles. The monoisotopic (exact) mass is 170 g/mol. The van der Waals surface area contributed by atoms with Gasteiger partial charge in [-0.25, -0.2) is 0 Å². The van der Waals surface area contributed by atoms with E-state index in [9.17, 15) is 0 Å². The summed E-state index contributed by atoms with van der Waals surface area (Å²) in [4.78, 5) is 2.14. The normalized spacial score (nSPS) is 21.5. The maximum atomic E-state index is 5.83. The molecular formula is C6H10N4S. The molecule has 0 unspecified atom stereocenters. The van der Waals surface area contributed by atoms with E-state index in [1.54, 1.807) is 16.8 Å². The molecule has 1 aromatic rings. The second kappa shape index (κ2) is 2.15. The topological polar surface area (TPSA) is 55.0 Å². The zero-order valence-electron chi connectivity index (χ0n) is 6.32. The maximum Gasteiger partial charge on any atom is 0.208 e. The minimum absolute atomic E-state index is 0.0222. The SMILES string of the molecule is CC1(N)CN(c2nncs2)C1. The third kappa shape index (κ3) is 1.21. The fourth-order valence-corrected chi connectivity index (χ4v) is 1.83. The van der Waals surface area contributed by atoms with Crippen LogP contribution in [0, 0.1) is 0 Å². The molecule has 1 fully saturated rings. The highest BCUT2D eigenvalue weighted by atomic mass is 32.1. The van der Waals surface area contributed by atoms with Crippen molar-refractivity contribution in [2.75, 3.05) is 18.0 Å². The third-order valence-corrected chi connectivity index (χ3v) is 2.47. The van der Waals surface area contributed by atoms with Gasteiger partial charge >= 0.3 is 0 Å². The van der Waals surface area contributed by atoms with Crippen LogP contribution in [0.2, 0.25) is 0 Å². The molecule has 60 valence electrons. The predicted octanol–water partition coefficient (Wildman–Crippen LogP) is 0.0755. The van der Waals surface area contributed by atoms with E-state index in [0.29, 0.717) is 0 Å². The van der Waals surface area contributed by atoms with E-state index in [1.807, 2.05) is 6.92 Å². The number of anilines is 1. The first kappa shape index (κ1) is 7.00. The fraction of sp³-hybridized carbons (Fsp3) is 0.667. The molecule has 0 saturated carbocycles. The minimum atomic E-state index is -0.0222. The lowest BCUT2D eigenvalue weighted by atomic mass is 9.95. The third-order valence-electron chi connectivity index (χ3n) is 1.72. The van der Waals surface area contributed by atoms with Crippen LogP contribution in [-0.4, -0.2) is 28.8 Å². The number of rotatable bonds is 1. The predicted molar refractivity (Wildman–Crippen MR) is 44.7 cm³/mol. The van der Waals surface area contributed by atoms with Gasteiger partial charge in [0.1, 0.15) is 5.51 Å². The molecule has 1 aliphatic heterocycles. The van der Waals surface area contributed by atoms with E-state index in [1.165, 1.54) is 0 Å². The van der Waals surface area contributed by atoms with Crippen LogP contribution in [0.5, 0.6) is 0 Å². The van der Waals surface area contributed by atoms with E-state index in [0.717, 1.165) is 18.2 Å². The Bertz CT molecular complexity index is 235. The Labute approximate surface area is 69.0 Å². The van der Waals surface area contributed by atoms with Crippen molar-refractivity contribution in [2.24, 2.45) is 5.73 Å². The van der Waals surface area contributed by atoms with E-state index in [-0.39, 0.29) is 5.54 Å². The Morgan fingerprint density at radius 1 is 1.73 bits per heavy atom. The first-order chi connectivity index (χ1) is 5.17. The lowest BCUT2D eigenvalue weighted by molar-refractivity contribution is 0.364. The highest BCUT2D eigenvalue weighted by molar-refractivity contribution is 7.13. The van der Waals surface area contributed by atoms with Crippen molar-refractivity contribution < 1.29 is 0 Å². The molecule has 0 spiro atoms. The zero-order chi connectivity index (χ0) is 7.90. The summed E-state index contributed by atoms with van der Waals surface area (Å²) in [7, 11) is 0. The van der Waals surface area contributed by atoms with Crippen molar-refractivity contribution in [2.45, 2.75) is 12.5 Å². The molecule has 11 heavy (non-hydrogen) atoms. The molecule has 0 radical (unpaired) electrons. The van der Waals surface area contributed by atoms with Crippen LogP contribution in [-0.2, 0) is 0 Å². The van der Waals surface area contributed by atoms with Crippen LogP contribution >= 0.6 is 11.3 Å². The van der Waals surface area contributed by atoms with Crippen molar-refractivity contribution in [1.29, 1.82) is 0 Å². The quantitative estimate of drug-likeness (QED) is 0.648. The van der Waals surface area contributed by atoms with E-state index in [2.05, 4.69) is 15.1 Å². The first-order valence-electron chi connectivity index (χ1n) is 3.47. The summed E-state index contributed by atoms with van der Waals surface area (Å²) < 4.78 is 0. The summed E-state index contributed by atoms with van der Waals surface area (Å²) in [6.07, 6.45) is 0. The van der Waals surface area contributed by atoms with Gasteiger partial charge in [0.25, 0.3) is 0 Å². The van der Waals surface area contributed by atoms with Crippen molar-refractivity contribution in [3.8, 4) is 0 Å². The van der Waals surface area contributed by atoms with Gasteiger partial charge in [-0.3, -0.25) is 0 Å². The number of aromatic nitrogens is 2. The van der Waals surface area contributed by atoms with E-state index < -0.39 is 0 Å². The summed E-state index contributed by atoms with van der Waals surface area (Å²) in [6.45, 7) is 3.83. The summed E-state index contributed by atoms with van der Waals surface area (Å²) in [5, 5.41) is 8.68. The van der Waals surface area contributed by atoms with Gasteiger partial charge in [0, 0.05) is 18.6 Å². The lowest BCUT2D eigenvalue weighted by Gasteiger charge is -2.44. The Kier molecular flexibility index (Phi) is 1.37. The molecule has 1 saturated heterocycles. The Morgan fingerprint density at radius 2 is 2.45 bits per heavy atom. The van der Waals surface area contributed by atoms with Crippen molar-refractivity contribution >= 4 is 16.5 Å². The standard InChI is InChI=1S/C6H10N4S/c1-6(7)2-10(3-6)5-9-8-4-11-5/h4H,2-3,7H2,1H3. The van der Waals surface area contributed by atoms with Crippen LogP contribution in [0.3, 0.4) is 0 Å². The lowest BCUT2D eigenvalue weighted by Crippen LogP contribution is -2.65. The zero-order valence-corrected chi connectivity index (χ0v) is 7.14. The smallest absolute Gasteiger partial charge is 0.208 e. The molecule has 0 atom stereocenters. The van der Waals surface area contributed by atoms with Crippen molar-refractivity contribution in [3.05, 3.63) is 5.51 Å². The van der Waals surface area contributed by atoms with E-state index >= 15 is 0 Å². The summed E-state index contributed by atoms with van der Waals surface area (Å²) in [5.41, 5.74) is 7.55. The second-order valence-electron chi connectivity index (χ2n) is 3.23. The average Bonchev–Trinajstić information content (AvgIpc) is 2.32. The molecule has 2 heterocycles. The van der Waals surface area contributed by atoms with Crippen LogP contribution in [0.1, 0.15) is 6.92 Å². The molecule has 2 rings (SSSR count). The van der Waals surface area contributed by atoms with Gasteiger partial charge in [-0.05, 0) is 6.92 Å². The minimum Gasteiger partial charge on any atom is -0.343 e. The maximum absolute atomic E-state index is 5.83. The molecule has 2 N–H and O–H groups in total. The van der Waals surface area contributed by atoms with E-state index in [4.69, 9.17) is 5.73 Å². The summed E-state index contributed by atoms with van der Waals surface area (Å²) >= 11 is 1.56. The molecule has 1 aromatic heterocycles. The molecule has 1 aliphatic rings. The summed E-state index contributed by atoms with van der Waals surface area (Å²) in [5.74, 6) is 0. The van der Waals surface area contributed by atoms with Crippen molar-refractivity contribution in [3.63, 3.8) is 0 Å². The van der Waals surface area contributed by atoms with Gasteiger partial charge in [-0.1, -0.05) is 11.3 Å². The molecule has 0 bridgehead atoms. The van der Waals surface area contributed by atoms with Gasteiger partial charge in [0.2, 0.25) is 5.13 Å². The Balaban J connectivity index is 2.03. The van der Waals surface area contributed by atoms with Crippen LogP contribution in [0.4, 0.5) is 5.13 Å². The molecule has 4 nitrogen and oxygen atoms in total. The van der Waals surface area contributed by atoms with Crippen LogP contribution in [0.25, 0.3) is 0 Å². The van der Waals surface area contributed by atoms with Gasteiger partial charge in [0.15, 0.2) is 0 Å². The molecular weight excluding hydrogens is 160 g/mol. The number of nitrogens with two attached hydrogens (primary N) is 1. The van der Waals surface area contributed by atoms with Crippen LogP contribution < -0.4 is 10.6 Å². The van der Waals surface area contributed by atoms with Crippen LogP contribution in [0.15, 0.2) is 5.51 Å². The summed E-state index contributed by atoms with van der Waals surface area (Å²) in [6, 6.07) is 0. The highest BCUT2D eigenvalue weighted by Gasteiger charge is 2.36. The Hall–Kier alpha value is -0.680. The highest BCUT2D eigenvalue weighted by Crippen LogP contribution is 2.25. The van der Waals surface area contributed by atoms with Crippen molar-refractivity contribution in [1.82, 2.24) is 10.2 Å². The second-order valence-corrected chi connectivity index (χ2v) is 4.04. The Morgan fingerprint density at radius 3 is 2.91 bits per heavy atom. The number of hydrogen-bond donors (Lipinski definition) is 1. The fourth-order valence-electron chi connectivity index (χ4n) is 1.27. The largest absolute Gasteiger partial charge is 0.343 e. The van der Waals surface area contributed by atoms with Gasteiger partial charge in [-0.15, -0.1) is 10.2 Å². The van der Waals surface area contributed by atoms with Gasteiger partial charge < -0.3 is 10.6 Å².